The third-order valence-electron chi connectivity index (χ3n) is 7.96. The van der Waals surface area contributed by atoms with Crippen molar-refractivity contribution in [1.29, 1.82) is 0 Å². The van der Waals surface area contributed by atoms with Crippen molar-refractivity contribution in [1.82, 2.24) is 0 Å². The lowest BCUT2D eigenvalue weighted by molar-refractivity contribution is -0.762. The number of fused-ring (bicyclic) bond motifs is 3. The van der Waals surface area contributed by atoms with E-state index in [4.69, 9.17) is 0 Å². The zero-order chi connectivity index (χ0) is 22.2. The molecule has 0 fully saturated rings. The summed E-state index contributed by atoms with van der Waals surface area (Å²) in [6.45, 7) is 13.9. The van der Waals surface area contributed by atoms with Crippen LogP contribution in [0.15, 0.2) is 54.7 Å². The van der Waals surface area contributed by atoms with E-state index in [9.17, 15) is 0 Å². The maximum Gasteiger partial charge on any atom is 0.213 e. The summed E-state index contributed by atoms with van der Waals surface area (Å²) in [5.41, 5.74) is 11.4. The maximum absolute atomic E-state index is 2.57. The molecule has 162 valence electrons. The molecule has 0 bridgehead atoms. The van der Waals surface area contributed by atoms with E-state index in [-0.39, 0.29) is 5.54 Å². The van der Waals surface area contributed by atoms with Gasteiger partial charge >= 0.3 is 0 Å². The number of nitrogens with zero attached hydrogens (tertiary/aromatic N) is 1. The van der Waals surface area contributed by atoms with Crippen LogP contribution in [0.4, 0.5) is 0 Å². The predicted molar refractivity (Wildman–Crippen MR) is 133 cm³/mol. The van der Waals surface area contributed by atoms with Crippen LogP contribution in [-0.2, 0) is 12.0 Å². The second kappa shape index (κ2) is 8.61. The molecule has 0 aliphatic carbocycles. The van der Waals surface area contributed by atoms with Gasteiger partial charge < -0.3 is 0 Å². The van der Waals surface area contributed by atoms with Crippen LogP contribution in [0.25, 0.3) is 22.4 Å². The van der Waals surface area contributed by atoms with Gasteiger partial charge in [0.2, 0.25) is 5.69 Å². The van der Waals surface area contributed by atoms with E-state index in [2.05, 4.69) is 101 Å². The fraction of sp³-hybridized carbons (Fsp3) is 0.433. The molecule has 1 heteroatoms. The molecule has 1 nitrogen and oxygen atoms in total. The molecule has 31 heavy (non-hydrogen) atoms. The van der Waals surface area contributed by atoms with Crippen molar-refractivity contribution < 1.29 is 4.57 Å². The Morgan fingerprint density at radius 1 is 0.871 bits per heavy atom. The molecule has 2 aromatic carbocycles. The Hall–Kier alpha value is -2.41. The van der Waals surface area contributed by atoms with E-state index < -0.39 is 0 Å². The molecule has 1 aliphatic rings. The average molecular weight is 413 g/mol. The standard InChI is InChI=1S/C30H38N/c1-7-10-13-24-18-22(5)27(19-21(24)4)25-15-16-26-23(6)30(8-2,9-3)31-17-12-11-14-29(31)28(26)20-25/h11-12,14-20,23H,7-10,13H2,1-6H3/q+1. The van der Waals surface area contributed by atoms with E-state index in [0.717, 1.165) is 12.8 Å². The summed E-state index contributed by atoms with van der Waals surface area (Å²) >= 11 is 0. The minimum absolute atomic E-state index is 0.151. The van der Waals surface area contributed by atoms with Gasteiger partial charge in [0.25, 0.3) is 0 Å². The second-order valence-electron chi connectivity index (χ2n) is 9.49. The average Bonchev–Trinajstić information content (AvgIpc) is 2.80. The Labute approximate surface area is 189 Å². The predicted octanol–water partition coefficient (Wildman–Crippen LogP) is 7.90. The van der Waals surface area contributed by atoms with Gasteiger partial charge in [-0.1, -0.05) is 58.4 Å². The van der Waals surface area contributed by atoms with Crippen molar-refractivity contribution in [2.45, 2.75) is 85.1 Å². The minimum Gasteiger partial charge on any atom is -0.192 e. The molecule has 0 saturated heterocycles. The lowest BCUT2D eigenvalue weighted by atomic mass is 9.71. The quantitative estimate of drug-likeness (QED) is 0.362. The maximum atomic E-state index is 2.57. The summed E-state index contributed by atoms with van der Waals surface area (Å²) in [4.78, 5) is 0. The Morgan fingerprint density at radius 2 is 1.65 bits per heavy atom. The first-order valence-corrected chi connectivity index (χ1v) is 12.2. The van der Waals surface area contributed by atoms with Crippen LogP contribution >= 0.6 is 0 Å². The Kier molecular flexibility index (Phi) is 6.06. The first kappa shape index (κ1) is 21.8. The molecule has 0 spiro atoms. The fourth-order valence-electron chi connectivity index (χ4n) is 5.90. The molecule has 0 radical (unpaired) electrons. The van der Waals surface area contributed by atoms with Crippen LogP contribution in [0.3, 0.4) is 0 Å². The van der Waals surface area contributed by atoms with E-state index >= 15 is 0 Å². The molecule has 3 aromatic rings. The van der Waals surface area contributed by atoms with E-state index in [1.54, 1.807) is 0 Å². The monoisotopic (exact) mass is 412 g/mol. The number of rotatable bonds is 6. The first-order valence-electron chi connectivity index (χ1n) is 12.2. The lowest BCUT2D eigenvalue weighted by Crippen LogP contribution is -2.61. The van der Waals surface area contributed by atoms with Crippen molar-refractivity contribution in [2.75, 3.05) is 0 Å². The number of aryl methyl sites for hydroxylation is 3. The normalized spacial score (nSPS) is 16.6. The highest BCUT2D eigenvalue weighted by Gasteiger charge is 2.48. The van der Waals surface area contributed by atoms with E-state index in [0.29, 0.717) is 5.92 Å². The van der Waals surface area contributed by atoms with Crippen LogP contribution < -0.4 is 4.57 Å². The highest BCUT2D eigenvalue weighted by atomic mass is 15.1. The Morgan fingerprint density at radius 3 is 2.35 bits per heavy atom. The second-order valence-corrected chi connectivity index (χ2v) is 9.49. The number of aromatic nitrogens is 1. The smallest absolute Gasteiger partial charge is 0.192 e. The van der Waals surface area contributed by atoms with Gasteiger partial charge in [-0.15, -0.1) is 0 Å². The molecule has 0 amide bonds. The van der Waals surface area contributed by atoms with Gasteiger partial charge in [0.05, 0.1) is 5.56 Å². The highest BCUT2D eigenvalue weighted by Crippen LogP contribution is 2.45. The molecular formula is C30H38N+. The number of benzene rings is 2. The summed E-state index contributed by atoms with van der Waals surface area (Å²) in [6.07, 6.45) is 8.28. The Bertz CT molecular complexity index is 1090. The number of hydrogen-bond acceptors (Lipinski definition) is 0. The van der Waals surface area contributed by atoms with Gasteiger partial charge in [0, 0.05) is 30.9 Å². The number of pyridine rings is 1. The Balaban J connectivity index is 1.85. The van der Waals surface area contributed by atoms with Gasteiger partial charge in [-0.3, -0.25) is 0 Å². The molecular weight excluding hydrogens is 374 g/mol. The summed E-state index contributed by atoms with van der Waals surface area (Å²) in [6, 6.07) is 18.7. The van der Waals surface area contributed by atoms with Gasteiger partial charge in [-0.2, -0.15) is 4.57 Å². The molecule has 4 rings (SSSR count). The van der Waals surface area contributed by atoms with Crippen molar-refractivity contribution >= 4 is 0 Å². The molecule has 1 aliphatic heterocycles. The van der Waals surface area contributed by atoms with Gasteiger partial charge in [0.15, 0.2) is 11.7 Å². The number of hydrogen-bond donors (Lipinski definition) is 0. The lowest BCUT2D eigenvalue weighted by Gasteiger charge is -2.38. The molecule has 0 saturated carbocycles. The van der Waals surface area contributed by atoms with Crippen molar-refractivity contribution in [3.63, 3.8) is 0 Å². The SMILES string of the molecule is CCCCc1cc(C)c(-c2ccc3c(c2)-c2cccc[n+]2C(CC)(CC)C3C)cc1C. The van der Waals surface area contributed by atoms with Crippen LogP contribution in [0, 0.1) is 13.8 Å². The van der Waals surface area contributed by atoms with Gasteiger partial charge in [-0.05, 0) is 72.2 Å². The zero-order valence-corrected chi connectivity index (χ0v) is 20.3. The van der Waals surface area contributed by atoms with Crippen LogP contribution in [0.1, 0.15) is 81.5 Å². The largest absolute Gasteiger partial charge is 0.213 e. The third-order valence-corrected chi connectivity index (χ3v) is 7.96. The third kappa shape index (κ3) is 3.53. The molecule has 0 N–H and O–H groups in total. The first-order chi connectivity index (χ1) is 15.0. The zero-order valence-electron chi connectivity index (χ0n) is 20.3. The molecule has 2 heterocycles. The molecule has 1 aromatic heterocycles. The summed E-state index contributed by atoms with van der Waals surface area (Å²) in [7, 11) is 0. The summed E-state index contributed by atoms with van der Waals surface area (Å²) in [5, 5.41) is 0. The summed E-state index contributed by atoms with van der Waals surface area (Å²) < 4.78 is 2.57. The summed E-state index contributed by atoms with van der Waals surface area (Å²) in [5.74, 6) is 0.491. The molecule has 1 unspecified atom stereocenters. The minimum atomic E-state index is 0.151. The van der Waals surface area contributed by atoms with Gasteiger partial charge in [-0.25, -0.2) is 0 Å². The highest BCUT2D eigenvalue weighted by molar-refractivity contribution is 5.76. The van der Waals surface area contributed by atoms with Crippen molar-refractivity contribution in [3.05, 3.63) is 77.0 Å². The van der Waals surface area contributed by atoms with Crippen LogP contribution in [0.5, 0.6) is 0 Å². The number of unbranched alkanes of at least 4 members (excludes halogenated alkanes) is 1. The topological polar surface area (TPSA) is 3.88 Å². The van der Waals surface area contributed by atoms with Crippen molar-refractivity contribution in [2.24, 2.45) is 0 Å². The van der Waals surface area contributed by atoms with Crippen LogP contribution in [0.2, 0.25) is 0 Å². The van der Waals surface area contributed by atoms with Crippen LogP contribution in [-0.4, -0.2) is 0 Å². The fourth-order valence-corrected chi connectivity index (χ4v) is 5.90. The van der Waals surface area contributed by atoms with Gasteiger partial charge in [0.1, 0.15) is 0 Å². The van der Waals surface area contributed by atoms with E-state index in [1.165, 1.54) is 63.9 Å². The van der Waals surface area contributed by atoms with E-state index in [1.807, 2.05) is 0 Å². The van der Waals surface area contributed by atoms with Crippen molar-refractivity contribution in [3.8, 4) is 22.4 Å². The molecule has 1 atom stereocenters.